The summed E-state index contributed by atoms with van der Waals surface area (Å²) in [6, 6.07) is 0. The van der Waals surface area contributed by atoms with Gasteiger partial charge in [0.05, 0.1) is 19.8 Å². The second kappa shape index (κ2) is 4.64. The molecule has 0 aromatic carbocycles. The molecule has 1 saturated heterocycles. The number of hydrogen-bond donors (Lipinski definition) is 0. The van der Waals surface area contributed by atoms with Crippen molar-refractivity contribution in [1.82, 2.24) is 4.90 Å². The third-order valence-electron chi connectivity index (χ3n) is 2.36. The lowest BCUT2D eigenvalue weighted by atomic mass is 10.3. The minimum Gasteiger partial charge on any atom is -0.449 e. The van der Waals surface area contributed by atoms with Gasteiger partial charge in [0.1, 0.15) is 5.72 Å². The average molecular weight is 201 g/mol. The van der Waals surface area contributed by atoms with Gasteiger partial charge >= 0.3 is 6.09 Å². The zero-order valence-electron chi connectivity index (χ0n) is 9.21. The van der Waals surface area contributed by atoms with Gasteiger partial charge in [-0.1, -0.05) is 13.3 Å². The first-order valence-electron chi connectivity index (χ1n) is 5.16. The van der Waals surface area contributed by atoms with Crippen molar-refractivity contribution in [3.8, 4) is 0 Å². The van der Waals surface area contributed by atoms with Crippen LogP contribution in [0.4, 0.5) is 4.79 Å². The van der Waals surface area contributed by atoms with E-state index in [-0.39, 0.29) is 6.09 Å². The van der Waals surface area contributed by atoms with Crippen molar-refractivity contribution >= 4 is 6.09 Å². The summed E-state index contributed by atoms with van der Waals surface area (Å²) in [6.07, 6.45) is 1.69. The first-order valence-corrected chi connectivity index (χ1v) is 5.16. The van der Waals surface area contributed by atoms with Crippen LogP contribution in [-0.2, 0) is 9.47 Å². The number of nitrogens with zero attached hydrogens (tertiary/aromatic N) is 1. The Morgan fingerprint density at radius 1 is 1.57 bits per heavy atom. The molecule has 1 aliphatic rings. The van der Waals surface area contributed by atoms with Crippen LogP contribution in [0.15, 0.2) is 0 Å². The molecular weight excluding hydrogens is 182 g/mol. The third kappa shape index (κ3) is 2.61. The van der Waals surface area contributed by atoms with Crippen molar-refractivity contribution in [1.29, 1.82) is 0 Å². The zero-order valence-corrected chi connectivity index (χ0v) is 9.21. The maximum absolute atomic E-state index is 11.6. The van der Waals surface area contributed by atoms with E-state index >= 15 is 0 Å². The summed E-state index contributed by atoms with van der Waals surface area (Å²) >= 11 is 0. The minimum absolute atomic E-state index is 0.263. The second-order valence-electron chi connectivity index (χ2n) is 3.91. The lowest BCUT2D eigenvalue weighted by molar-refractivity contribution is -0.0453. The van der Waals surface area contributed by atoms with Crippen LogP contribution in [0.1, 0.15) is 33.6 Å². The van der Waals surface area contributed by atoms with E-state index in [9.17, 15) is 4.79 Å². The van der Waals surface area contributed by atoms with Crippen LogP contribution in [0.3, 0.4) is 0 Å². The molecule has 1 aliphatic heterocycles. The maximum Gasteiger partial charge on any atom is 0.412 e. The molecule has 1 amide bonds. The highest BCUT2D eigenvalue weighted by atomic mass is 16.6. The van der Waals surface area contributed by atoms with E-state index in [1.807, 2.05) is 13.8 Å². The van der Waals surface area contributed by atoms with E-state index in [1.54, 1.807) is 4.90 Å². The Bertz CT molecular complexity index is 204. The fraction of sp³-hybridized carbons (Fsp3) is 0.900. The van der Waals surface area contributed by atoms with E-state index in [2.05, 4.69) is 6.92 Å². The molecular formula is C10H19NO3. The number of amides is 1. The van der Waals surface area contributed by atoms with Gasteiger partial charge in [-0.25, -0.2) is 4.79 Å². The molecule has 0 radical (unpaired) electrons. The first kappa shape index (κ1) is 11.3. The normalized spacial score (nSPS) is 19.8. The Morgan fingerprint density at radius 2 is 2.29 bits per heavy atom. The van der Waals surface area contributed by atoms with Crippen molar-refractivity contribution < 1.29 is 14.3 Å². The summed E-state index contributed by atoms with van der Waals surface area (Å²) < 4.78 is 10.5. The number of carbonyl (C=O) groups is 1. The molecule has 82 valence electrons. The predicted molar refractivity (Wildman–Crippen MR) is 53.0 cm³/mol. The maximum atomic E-state index is 11.6. The molecule has 0 spiro atoms. The van der Waals surface area contributed by atoms with Crippen molar-refractivity contribution in [3.63, 3.8) is 0 Å². The molecule has 1 fully saturated rings. The lowest BCUT2D eigenvalue weighted by Gasteiger charge is -2.28. The van der Waals surface area contributed by atoms with Crippen molar-refractivity contribution in [2.75, 3.05) is 19.8 Å². The summed E-state index contributed by atoms with van der Waals surface area (Å²) in [5.74, 6) is 0. The van der Waals surface area contributed by atoms with Gasteiger partial charge in [0.25, 0.3) is 0 Å². The highest BCUT2D eigenvalue weighted by molar-refractivity contribution is 5.68. The highest BCUT2D eigenvalue weighted by Crippen LogP contribution is 2.22. The zero-order chi connectivity index (χ0) is 10.6. The van der Waals surface area contributed by atoms with E-state index in [0.717, 1.165) is 12.8 Å². The molecule has 0 aromatic rings. The largest absolute Gasteiger partial charge is 0.449 e. The van der Waals surface area contributed by atoms with Crippen LogP contribution in [0, 0.1) is 0 Å². The van der Waals surface area contributed by atoms with Gasteiger partial charge in [-0.15, -0.1) is 0 Å². The van der Waals surface area contributed by atoms with Gasteiger partial charge in [-0.2, -0.15) is 0 Å². The van der Waals surface area contributed by atoms with E-state index < -0.39 is 5.72 Å². The summed E-state index contributed by atoms with van der Waals surface area (Å²) in [7, 11) is 0. The van der Waals surface area contributed by atoms with Crippen LogP contribution in [-0.4, -0.2) is 36.5 Å². The molecule has 14 heavy (non-hydrogen) atoms. The van der Waals surface area contributed by atoms with Crippen LogP contribution in [0.5, 0.6) is 0 Å². The molecule has 0 atom stereocenters. The molecule has 0 saturated carbocycles. The highest BCUT2D eigenvalue weighted by Gasteiger charge is 2.37. The summed E-state index contributed by atoms with van der Waals surface area (Å²) in [5, 5.41) is 0. The number of ether oxygens (including phenoxy) is 2. The molecule has 1 rings (SSSR count). The Labute approximate surface area is 85.2 Å². The van der Waals surface area contributed by atoms with Gasteiger partial charge in [0.2, 0.25) is 0 Å². The van der Waals surface area contributed by atoms with E-state index in [4.69, 9.17) is 9.47 Å². The lowest BCUT2D eigenvalue weighted by Crippen LogP contribution is -2.43. The average Bonchev–Trinajstić information content (AvgIpc) is 2.45. The van der Waals surface area contributed by atoms with E-state index in [0.29, 0.717) is 19.8 Å². The van der Waals surface area contributed by atoms with Gasteiger partial charge in [0.15, 0.2) is 0 Å². The topological polar surface area (TPSA) is 38.8 Å². The molecule has 4 nitrogen and oxygen atoms in total. The Hall–Kier alpha value is -0.770. The molecule has 0 aromatic heterocycles. The van der Waals surface area contributed by atoms with Crippen molar-refractivity contribution in [2.24, 2.45) is 0 Å². The molecule has 0 N–H and O–H groups in total. The van der Waals surface area contributed by atoms with Crippen molar-refractivity contribution in [2.45, 2.75) is 39.3 Å². The Kier molecular flexibility index (Phi) is 3.75. The molecule has 0 unspecified atom stereocenters. The SMILES string of the molecule is CCCCOC(=O)N1CCOC1(C)C. The van der Waals surface area contributed by atoms with Gasteiger partial charge in [-0.3, -0.25) is 4.90 Å². The second-order valence-corrected chi connectivity index (χ2v) is 3.91. The molecule has 0 bridgehead atoms. The monoisotopic (exact) mass is 201 g/mol. The molecule has 0 aliphatic carbocycles. The minimum atomic E-state index is -0.511. The summed E-state index contributed by atoms with van der Waals surface area (Å²) in [6.45, 7) is 7.54. The van der Waals surface area contributed by atoms with Crippen molar-refractivity contribution in [3.05, 3.63) is 0 Å². The van der Waals surface area contributed by atoms with Gasteiger partial charge < -0.3 is 9.47 Å². The number of hydrogen-bond acceptors (Lipinski definition) is 3. The summed E-state index contributed by atoms with van der Waals surface area (Å²) in [4.78, 5) is 13.2. The number of unbranched alkanes of at least 4 members (excludes halogenated alkanes) is 1. The number of carbonyl (C=O) groups excluding carboxylic acids is 1. The number of rotatable bonds is 3. The Balaban J connectivity index is 2.36. The third-order valence-corrected chi connectivity index (χ3v) is 2.36. The van der Waals surface area contributed by atoms with Gasteiger partial charge in [-0.05, 0) is 20.3 Å². The molecule has 4 heteroatoms. The van der Waals surface area contributed by atoms with Crippen LogP contribution in [0.2, 0.25) is 0 Å². The van der Waals surface area contributed by atoms with E-state index in [1.165, 1.54) is 0 Å². The van der Waals surface area contributed by atoms with Crippen LogP contribution in [0.25, 0.3) is 0 Å². The smallest absolute Gasteiger partial charge is 0.412 e. The van der Waals surface area contributed by atoms with Crippen LogP contribution < -0.4 is 0 Å². The fourth-order valence-corrected chi connectivity index (χ4v) is 1.43. The predicted octanol–water partition coefficient (Wildman–Crippen LogP) is 1.99. The molecule has 1 heterocycles. The summed E-state index contributed by atoms with van der Waals surface area (Å²) in [5.41, 5.74) is -0.511. The van der Waals surface area contributed by atoms with Gasteiger partial charge in [0, 0.05) is 0 Å². The Morgan fingerprint density at radius 3 is 2.79 bits per heavy atom. The standard InChI is InChI=1S/C10H19NO3/c1-4-5-7-13-9(12)11-6-8-14-10(11,2)3/h4-8H2,1-3H3. The van der Waals surface area contributed by atoms with Crippen LogP contribution >= 0.6 is 0 Å². The quantitative estimate of drug-likeness (QED) is 0.655. The fourth-order valence-electron chi connectivity index (χ4n) is 1.43. The first-order chi connectivity index (χ1) is 6.58.